The number of ether oxygens (including phenoxy) is 1. The van der Waals surface area contributed by atoms with Crippen LogP contribution in [-0.4, -0.2) is 55.1 Å². The van der Waals surface area contributed by atoms with Gasteiger partial charge in [-0.1, -0.05) is 0 Å². The van der Waals surface area contributed by atoms with Gasteiger partial charge in [0.15, 0.2) is 9.32 Å². The summed E-state index contributed by atoms with van der Waals surface area (Å²) in [7, 11) is 0. The van der Waals surface area contributed by atoms with Crippen molar-refractivity contribution < 1.29 is 23.4 Å². The van der Waals surface area contributed by atoms with Crippen molar-refractivity contribution in [1.82, 2.24) is 19.9 Å². The van der Waals surface area contributed by atoms with Crippen LogP contribution >= 0.6 is 22.6 Å². The fourth-order valence-electron chi connectivity index (χ4n) is 3.98. The van der Waals surface area contributed by atoms with E-state index in [1.54, 1.807) is 39.8 Å². The second-order valence-electron chi connectivity index (χ2n) is 7.67. The topological polar surface area (TPSA) is 92.0 Å². The number of nitrogens with zero attached hydrogens (tertiary/aromatic N) is 4. The molecule has 2 unspecified atom stereocenters. The van der Waals surface area contributed by atoms with E-state index in [4.69, 9.17) is 4.74 Å². The lowest BCUT2D eigenvalue weighted by molar-refractivity contribution is 0.0842. The largest absolute Gasteiger partial charge is 0.490 e. The molecule has 0 radical (unpaired) electrons. The summed E-state index contributed by atoms with van der Waals surface area (Å²) in [5.74, 6) is -0.123. The number of aliphatic hydroxyl groups excluding tert-OH is 1. The van der Waals surface area contributed by atoms with Gasteiger partial charge in [0.05, 0.1) is 18.8 Å². The molecular formula is C20H18F2IN5O3. The van der Waals surface area contributed by atoms with Crippen molar-refractivity contribution in [3.8, 4) is 5.75 Å². The number of carbonyl (C=O) groups excluding carboxylic acids is 1. The first-order valence-electron chi connectivity index (χ1n) is 9.68. The molecule has 4 heterocycles. The van der Waals surface area contributed by atoms with Gasteiger partial charge in [0.25, 0.3) is 5.91 Å². The fraction of sp³-hybridized carbons (Fsp3) is 0.350. The van der Waals surface area contributed by atoms with Crippen molar-refractivity contribution in [3.63, 3.8) is 0 Å². The summed E-state index contributed by atoms with van der Waals surface area (Å²) in [6.45, 7) is -0.150. The molecule has 11 heteroatoms. The van der Waals surface area contributed by atoms with Crippen molar-refractivity contribution >= 4 is 40.0 Å². The van der Waals surface area contributed by atoms with Crippen LogP contribution in [0.1, 0.15) is 28.4 Å². The molecular weight excluding hydrogens is 523 g/mol. The quantitative estimate of drug-likeness (QED) is 0.336. The van der Waals surface area contributed by atoms with Crippen LogP contribution in [0.4, 0.5) is 14.6 Å². The Hall–Kier alpha value is -2.54. The molecule has 2 aliphatic rings. The Morgan fingerprint density at radius 2 is 2.19 bits per heavy atom. The maximum atomic E-state index is 15.2. The molecule has 8 nitrogen and oxygen atoms in total. The first-order valence-corrected chi connectivity index (χ1v) is 10.8. The molecule has 1 saturated heterocycles. The van der Waals surface area contributed by atoms with Gasteiger partial charge in [-0.2, -0.15) is 5.10 Å². The highest BCUT2D eigenvalue weighted by molar-refractivity contribution is 14.1. The Morgan fingerprint density at radius 3 is 3.03 bits per heavy atom. The Balaban J connectivity index is 1.69. The Kier molecular flexibility index (Phi) is 4.96. The van der Waals surface area contributed by atoms with E-state index in [-0.39, 0.29) is 31.7 Å². The predicted molar refractivity (Wildman–Crippen MR) is 116 cm³/mol. The second-order valence-corrected chi connectivity index (χ2v) is 9.61. The first-order chi connectivity index (χ1) is 14.8. The Labute approximate surface area is 189 Å². The van der Waals surface area contributed by atoms with Crippen LogP contribution in [0.2, 0.25) is 0 Å². The van der Waals surface area contributed by atoms with E-state index in [0.717, 1.165) is 0 Å². The van der Waals surface area contributed by atoms with E-state index in [1.807, 2.05) is 0 Å². The molecule has 3 atom stereocenters. The summed E-state index contributed by atoms with van der Waals surface area (Å²) < 4.78 is 35.0. The number of amides is 1. The minimum absolute atomic E-state index is 0.0235. The third-order valence-electron chi connectivity index (χ3n) is 5.42. The summed E-state index contributed by atoms with van der Waals surface area (Å²) in [5, 5.41) is 17.0. The van der Waals surface area contributed by atoms with Crippen LogP contribution in [0.25, 0.3) is 5.65 Å². The molecule has 1 aromatic carbocycles. The van der Waals surface area contributed by atoms with E-state index >= 15 is 4.39 Å². The van der Waals surface area contributed by atoms with Gasteiger partial charge in [-0.3, -0.25) is 4.79 Å². The maximum Gasteiger partial charge on any atom is 0.256 e. The number of alkyl halides is 2. The van der Waals surface area contributed by atoms with Gasteiger partial charge in [-0.15, -0.1) is 0 Å². The molecule has 2 aliphatic heterocycles. The summed E-state index contributed by atoms with van der Waals surface area (Å²) >= 11 is 1.75. The second kappa shape index (κ2) is 7.55. The maximum absolute atomic E-state index is 15.2. The monoisotopic (exact) mass is 541 g/mol. The Morgan fingerprint density at radius 1 is 1.35 bits per heavy atom. The number of β-amino-alcohol motifs (C(OH)–C–C–N with tert-alkyl or cyclic N) is 1. The minimum atomic E-state index is -1.58. The van der Waals surface area contributed by atoms with Crippen LogP contribution in [0.3, 0.4) is 0 Å². The molecule has 5 rings (SSSR count). The molecule has 0 saturated carbocycles. The summed E-state index contributed by atoms with van der Waals surface area (Å²) in [6, 6.07) is 5.18. The number of aromatic nitrogens is 3. The number of halogens is 3. The van der Waals surface area contributed by atoms with Gasteiger partial charge in [-0.05, 0) is 46.9 Å². The van der Waals surface area contributed by atoms with Gasteiger partial charge >= 0.3 is 0 Å². The molecule has 0 aliphatic carbocycles. The number of hydrogen-bond donors (Lipinski definition) is 2. The minimum Gasteiger partial charge on any atom is -0.490 e. The average Bonchev–Trinajstić information content (AvgIpc) is 3.30. The average molecular weight is 541 g/mol. The summed E-state index contributed by atoms with van der Waals surface area (Å²) in [5.41, 5.74) is 1.01. The zero-order valence-corrected chi connectivity index (χ0v) is 18.3. The third-order valence-corrected chi connectivity index (χ3v) is 6.21. The van der Waals surface area contributed by atoms with Crippen molar-refractivity contribution in [2.45, 2.75) is 22.2 Å². The van der Waals surface area contributed by atoms with E-state index in [1.165, 1.54) is 28.9 Å². The number of hydrogen-bond acceptors (Lipinski definition) is 6. The third kappa shape index (κ3) is 3.80. The number of anilines is 1. The van der Waals surface area contributed by atoms with Gasteiger partial charge in [-0.25, -0.2) is 18.3 Å². The number of benzene rings is 1. The highest BCUT2D eigenvalue weighted by Gasteiger charge is 2.45. The van der Waals surface area contributed by atoms with Crippen molar-refractivity contribution in [2.75, 3.05) is 24.6 Å². The zero-order valence-electron chi connectivity index (χ0n) is 16.1. The number of nitrogens with one attached hydrogen (secondary N) is 1. The van der Waals surface area contributed by atoms with E-state index < -0.39 is 27.5 Å². The zero-order chi connectivity index (χ0) is 21.8. The van der Waals surface area contributed by atoms with Crippen LogP contribution < -0.4 is 15.0 Å². The fourth-order valence-corrected chi connectivity index (χ4v) is 4.76. The normalized spacial score (nSPS) is 26.2. The molecule has 2 bridgehead atoms. The van der Waals surface area contributed by atoms with E-state index in [2.05, 4.69) is 15.4 Å². The highest BCUT2D eigenvalue weighted by Crippen LogP contribution is 2.48. The van der Waals surface area contributed by atoms with Crippen LogP contribution in [0.15, 0.2) is 36.7 Å². The molecule has 31 heavy (non-hydrogen) atoms. The lowest BCUT2D eigenvalue weighted by atomic mass is 10.0. The summed E-state index contributed by atoms with van der Waals surface area (Å²) in [6.07, 6.45) is 2.12. The van der Waals surface area contributed by atoms with E-state index in [9.17, 15) is 14.3 Å². The molecule has 2 N–H and O–H groups in total. The van der Waals surface area contributed by atoms with Gasteiger partial charge in [0, 0.05) is 24.7 Å². The van der Waals surface area contributed by atoms with Crippen LogP contribution in [-0.2, 0) is 0 Å². The highest BCUT2D eigenvalue weighted by atomic mass is 127. The molecule has 3 aromatic rings. The SMILES string of the molecule is O=C1NC[C@H](O)COc2ccc(F)cc2C2CC(F)(I)CN2c2ccn3ncc1c3n2. The van der Waals surface area contributed by atoms with Crippen molar-refractivity contribution in [1.29, 1.82) is 0 Å². The molecule has 1 amide bonds. The van der Waals surface area contributed by atoms with Crippen molar-refractivity contribution in [3.05, 3.63) is 53.6 Å². The van der Waals surface area contributed by atoms with E-state index in [0.29, 0.717) is 22.8 Å². The Bertz CT molecular complexity index is 1170. The smallest absolute Gasteiger partial charge is 0.256 e. The van der Waals surface area contributed by atoms with Gasteiger partial charge < -0.3 is 20.1 Å². The predicted octanol–water partition coefficient (Wildman–Crippen LogP) is 2.40. The number of aliphatic hydroxyl groups is 1. The molecule has 0 spiro atoms. The van der Waals surface area contributed by atoms with Gasteiger partial charge in [0.1, 0.15) is 35.7 Å². The summed E-state index contributed by atoms with van der Waals surface area (Å²) in [4.78, 5) is 18.9. The van der Waals surface area contributed by atoms with Crippen LogP contribution in [0, 0.1) is 5.82 Å². The van der Waals surface area contributed by atoms with Gasteiger partial charge in [0.2, 0.25) is 0 Å². The van der Waals surface area contributed by atoms with Crippen LogP contribution in [0.5, 0.6) is 5.75 Å². The lowest BCUT2D eigenvalue weighted by Crippen LogP contribution is -2.35. The number of carbonyl (C=O) groups is 1. The first kappa shape index (κ1) is 20.4. The molecule has 162 valence electrons. The molecule has 2 aromatic heterocycles. The lowest BCUT2D eigenvalue weighted by Gasteiger charge is -2.27. The standard InChI is InChI=1S/C20H18F2IN5O3/c21-11-1-2-16-13(5-11)15-6-20(22,23)10-27(15)17-3-4-28-18(26-17)14(8-25-28)19(30)24-7-12(29)9-31-16/h1-5,8,12,15,29H,6-7,9-10H2,(H,24,30)/t12-,15?,20?/m0/s1. The number of rotatable bonds is 0. The number of fused-ring (bicyclic) bond motifs is 5. The van der Waals surface area contributed by atoms with Crippen molar-refractivity contribution in [2.24, 2.45) is 0 Å². The molecule has 1 fully saturated rings.